The molecule has 0 saturated carbocycles. The lowest BCUT2D eigenvalue weighted by atomic mass is 10.0. The zero-order chi connectivity index (χ0) is 10.9. The summed E-state index contributed by atoms with van der Waals surface area (Å²) in [5.41, 5.74) is -0.618. The van der Waals surface area contributed by atoms with E-state index in [4.69, 9.17) is 9.84 Å². The Bertz CT molecular complexity index is 256. The van der Waals surface area contributed by atoms with Crippen LogP contribution in [0.3, 0.4) is 0 Å². The second kappa shape index (κ2) is 3.57. The Kier molecular flexibility index (Phi) is 2.80. The Morgan fingerprint density at radius 2 is 2.21 bits per heavy atom. The van der Waals surface area contributed by atoms with E-state index in [2.05, 4.69) is 0 Å². The molecule has 0 radical (unpaired) electrons. The molecule has 1 rings (SSSR count). The van der Waals surface area contributed by atoms with Gasteiger partial charge in [-0.1, -0.05) is 0 Å². The molecule has 0 aromatic rings. The average Bonchev–Trinajstić information content (AvgIpc) is 1.95. The quantitative estimate of drug-likeness (QED) is 0.628. The molecule has 5 heteroatoms. The lowest BCUT2D eigenvalue weighted by Gasteiger charge is -2.37. The van der Waals surface area contributed by atoms with Crippen molar-refractivity contribution in [3.05, 3.63) is 0 Å². The normalized spacial score (nSPS) is 21.9. The van der Waals surface area contributed by atoms with Crippen LogP contribution in [0.5, 0.6) is 0 Å². The van der Waals surface area contributed by atoms with Crippen molar-refractivity contribution in [3.8, 4) is 0 Å². The number of aliphatic hydroxyl groups is 1. The van der Waals surface area contributed by atoms with E-state index in [1.807, 2.05) is 0 Å². The van der Waals surface area contributed by atoms with Crippen LogP contribution in [-0.2, 0) is 9.53 Å². The van der Waals surface area contributed by atoms with Crippen LogP contribution in [0.2, 0.25) is 0 Å². The lowest BCUT2D eigenvalue weighted by Crippen LogP contribution is -2.58. The van der Waals surface area contributed by atoms with E-state index in [-0.39, 0.29) is 18.9 Å². The summed E-state index contributed by atoms with van der Waals surface area (Å²) < 4.78 is 5.00. The lowest BCUT2D eigenvalue weighted by molar-refractivity contribution is -0.145. The van der Waals surface area contributed by atoms with Crippen molar-refractivity contribution < 1.29 is 19.4 Å². The van der Waals surface area contributed by atoms with Gasteiger partial charge in [-0.3, -0.25) is 4.79 Å². The van der Waals surface area contributed by atoms with E-state index in [0.717, 1.165) is 4.90 Å². The molecule has 1 fully saturated rings. The first-order valence-electron chi connectivity index (χ1n) is 4.51. The molecule has 1 atom stereocenters. The molecule has 5 nitrogen and oxygen atoms in total. The molecule has 2 amide bonds. The molecule has 0 spiro atoms. The van der Waals surface area contributed by atoms with Gasteiger partial charge < -0.3 is 9.84 Å². The van der Waals surface area contributed by atoms with Gasteiger partial charge >= 0.3 is 6.09 Å². The molecule has 1 saturated heterocycles. The molecule has 0 aliphatic carbocycles. The average molecular weight is 201 g/mol. The molecule has 0 aromatic heterocycles. The number of carbonyl (C=O) groups excluding carboxylic acids is 2. The summed E-state index contributed by atoms with van der Waals surface area (Å²) in [5, 5.41) is 8.82. The molecule has 1 heterocycles. The highest BCUT2D eigenvalue weighted by Gasteiger charge is 2.42. The molecule has 0 bridgehead atoms. The highest BCUT2D eigenvalue weighted by Crippen LogP contribution is 2.21. The fourth-order valence-electron chi connectivity index (χ4n) is 1.19. The molecule has 1 N–H and O–H groups in total. The van der Waals surface area contributed by atoms with E-state index in [1.54, 1.807) is 20.8 Å². The van der Waals surface area contributed by atoms with E-state index in [0.29, 0.717) is 0 Å². The Balaban J connectivity index is 2.56. The molecular formula is C9H15NO4. The number of hydrogen-bond donors (Lipinski definition) is 1. The number of ether oxygens (including phenoxy) is 1. The molecule has 80 valence electrons. The predicted octanol–water partition coefficient (Wildman–Crippen LogP) is 0.515. The minimum atomic E-state index is -0.673. The third-order valence-electron chi connectivity index (χ3n) is 1.85. The fourth-order valence-corrected chi connectivity index (χ4v) is 1.19. The van der Waals surface area contributed by atoms with Gasteiger partial charge in [0.2, 0.25) is 5.91 Å². The number of imide groups is 1. The Hall–Kier alpha value is -1.10. The first-order chi connectivity index (χ1) is 6.35. The van der Waals surface area contributed by atoms with Crippen molar-refractivity contribution in [1.82, 2.24) is 4.90 Å². The first-order valence-corrected chi connectivity index (χ1v) is 4.51. The summed E-state index contributed by atoms with van der Waals surface area (Å²) in [5.74, 6) is -0.293. The largest absolute Gasteiger partial charge is 0.443 e. The maximum absolute atomic E-state index is 11.4. The van der Waals surface area contributed by atoms with Crippen LogP contribution in [0, 0.1) is 0 Å². The summed E-state index contributed by atoms with van der Waals surface area (Å²) in [7, 11) is 0. The van der Waals surface area contributed by atoms with Crippen molar-refractivity contribution in [1.29, 1.82) is 0 Å². The highest BCUT2D eigenvalue weighted by molar-refractivity contribution is 5.97. The Labute approximate surface area is 82.6 Å². The van der Waals surface area contributed by atoms with Gasteiger partial charge in [0.25, 0.3) is 0 Å². The summed E-state index contributed by atoms with van der Waals surface area (Å²) in [4.78, 5) is 23.4. The number of aliphatic hydroxyl groups excluding tert-OH is 1. The third kappa shape index (κ3) is 2.23. The van der Waals surface area contributed by atoms with Crippen molar-refractivity contribution in [2.75, 3.05) is 6.61 Å². The zero-order valence-corrected chi connectivity index (χ0v) is 8.61. The number of rotatable bonds is 1. The summed E-state index contributed by atoms with van der Waals surface area (Å²) in [6.45, 7) is 4.97. The predicted molar refractivity (Wildman–Crippen MR) is 48.6 cm³/mol. The van der Waals surface area contributed by atoms with E-state index in [9.17, 15) is 9.59 Å². The second-order valence-corrected chi connectivity index (χ2v) is 4.28. The molecular weight excluding hydrogens is 186 g/mol. The maximum Gasteiger partial charge on any atom is 0.417 e. The van der Waals surface area contributed by atoms with Gasteiger partial charge in [0.15, 0.2) is 0 Å². The van der Waals surface area contributed by atoms with Gasteiger partial charge in [-0.15, -0.1) is 0 Å². The molecule has 1 aliphatic heterocycles. The van der Waals surface area contributed by atoms with Gasteiger partial charge in [0, 0.05) is 0 Å². The molecule has 1 aliphatic rings. The highest BCUT2D eigenvalue weighted by atomic mass is 16.6. The molecule has 0 unspecified atom stereocenters. The third-order valence-corrected chi connectivity index (χ3v) is 1.85. The van der Waals surface area contributed by atoms with Gasteiger partial charge in [0.1, 0.15) is 5.60 Å². The minimum Gasteiger partial charge on any atom is -0.443 e. The fraction of sp³-hybridized carbons (Fsp3) is 0.778. The van der Waals surface area contributed by atoms with Crippen LogP contribution < -0.4 is 0 Å². The minimum absolute atomic E-state index is 0.203. The van der Waals surface area contributed by atoms with Crippen LogP contribution in [0.25, 0.3) is 0 Å². The van der Waals surface area contributed by atoms with E-state index < -0.39 is 17.7 Å². The monoisotopic (exact) mass is 201 g/mol. The topological polar surface area (TPSA) is 66.8 Å². The molecule has 14 heavy (non-hydrogen) atoms. The number of carbonyl (C=O) groups is 2. The Morgan fingerprint density at radius 1 is 1.64 bits per heavy atom. The molecule has 0 aromatic carbocycles. The van der Waals surface area contributed by atoms with Crippen LogP contribution in [-0.4, -0.2) is 40.3 Å². The zero-order valence-electron chi connectivity index (χ0n) is 8.61. The van der Waals surface area contributed by atoms with Crippen molar-refractivity contribution >= 4 is 12.0 Å². The standard InChI is InChI=1S/C9H15NO4/c1-9(2,3)14-8(13)10-6(5-11)4-7(10)12/h6,11H,4-5H2,1-3H3/t6-/m1/s1. The summed E-state index contributed by atoms with van der Waals surface area (Å²) >= 11 is 0. The van der Waals surface area contributed by atoms with Gasteiger partial charge in [-0.25, -0.2) is 9.69 Å². The number of amides is 2. The number of β-lactam (4-membered cyclic amide) rings is 1. The SMILES string of the molecule is CC(C)(C)OC(=O)N1C(=O)C[C@@H]1CO. The summed E-state index contributed by atoms with van der Waals surface area (Å²) in [6, 6.07) is -0.405. The van der Waals surface area contributed by atoms with Crippen LogP contribution in [0.1, 0.15) is 27.2 Å². The van der Waals surface area contributed by atoms with Crippen molar-refractivity contribution in [2.24, 2.45) is 0 Å². The van der Waals surface area contributed by atoms with Gasteiger partial charge in [0.05, 0.1) is 19.1 Å². The summed E-state index contributed by atoms with van der Waals surface area (Å²) in [6.07, 6.45) is -0.455. The Morgan fingerprint density at radius 3 is 2.57 bits per heavy atom. The van der Waals surface area contributed by atoms with Gasteiger partial charge in [-0.05, 0) is 20.8 Å². The number of likely N-dealkylation sites (tertiary alicyclic amines) is 1. The van der Waals surface area contributed by atoms with E-state index in [1.165, 1.54) is 0 Å². The van der Waals surface area contributed by atoms with Crippen molar-refractivity contribution in [2.45, 2.75) is 38.8 Å². The first kappa shape index (κ1) is 11.0. The number of hydrogen-bond acceptors (Lipinski definition) is 4. The van der Waals surface area contributed by atoms with E-state index >= 15 is 0 Å². The van der Waals surface area contributed by atoms with Crippen LogP contribution in [0.4, 0.5) is 4.79 Å². The maximum atomic E-state index is 11.4. The number of nitrogens with zero attached hydrogens (tertiary/aromatic N) is 1. The van der Waals surface area contributed by atoms with Crippen LogP contribution >= 0.6 is 0 Å². The van der Waals surface area contributed by atoms with Crippen molar-refractivity contribution in [3.63, 3.8) is 0 Å². The van der Waals surface area contributed by atoms with Crippen LogP contribution in [0.15, 0.2) is 0 Å². The second-order valence-electron chi connectivity index (χ2n) is 4.28. The smallest absolute Gasteiger partial charge is 0.417 e. The van der Waals surface area contributed by atoms with Gasteiger partial charge in [-0.2, -0.15) is 0 Å².